The van der Waals surface area contributed by atoms with Gasteiger partial charge in [0.1, 0.15) is 11.6 Å². The maximum Gasteiger partial charge on any atom is 0.322 e. The van der Waals surface area contributed by atoms with Crippen LogP contribution in [0.3, 0.4) is 0 Å². The smallest absolute Gasteiger partial charge is 0.322 e. The molecule has 0 radical (unpaired) electrons. The fourth-order valence-electron chi connectivity index (χ4n) is 2.89. The number of anilines is 2. The molecule has 0 unspecified atom stereocenters. The third kappa shape index (κ3) is 3.85. The third-order valence-electron chi connectivity index (χ3n) is 4.37. The van der Waals surface area contributed by atoms with Crippen LogP contribution in [0.1, 0.15) is 24.0 Å². The molecular weight excluding hydrogens is 338 g/mol. The standard InChI is InChI=1S/C18H22ClN5O/c1-4-23(3)17-15-11-24(10-9-16(15)20-12(2)21-17)18(25)22-14-7-5-13(19)6-8-14/h5-8H,4,9-11H2,1-3H3,(H,22,25). The minimum atomic E-state index is -0.126. The van der Waals surface area contributed by atoms with Crippen LogP contribution < -0.4 is 10.2 Å². The summed E-state index contributed by atoms with van der Waals surface area (Å²) < 4.78 is 0. The zero-order valence-corrected chi connectivity index (χ0v) is 15.5. The molecule has 0 saturated carbocycles. The molecule has 1 aliphatic heterocycles. The summed E-state index contributed by atoms with van der Waals surface area (Å²) in [6.07, 6.45) is 0.733. The van der Waals surface area contributed by atoms with Crippen molar-refractivity contribution in [2.24, 2.45) is 0 Å². The summed E-state index contributed by atoms with van der Waals surface area (Å²) in [7, 11) is 2.01. The van der Waals surface area contributed by atoms with Crippen molar-refractivity contribution in [1.82, 2.24) is 14.9 Å². The highest BCUT2D eigenvalue weighted by Crippen LogP contribution is 2.26. The molecule has 2 aromatic rings. The fourth-order valence-corrected chi connectivity index (χ4v) is 3.02. The maximum atomic E-state index is 12.6. The second kappa shape index (κ2) is 7.27. The molecular formula is C18H22ClN5O. The number of carbonyl (C=O) groups is 1. The largest absolute Gasteiger partial charge is 0.360 e. The molecule has 2 heterocycles. The van der Waals surface area contributed by atoms with Crippen LogP contribution >= 0.6 is 11.6 Å². The normalized spacial score (nSPS) is 13.4. The molecule has 0 saturated heterocycles. The molecule has 25 heavy (non-hydrogen) atoms. The molecule has 1 aromatic heterocycles. The molecule has 0 bridgehead atoms. The molecule has 1 aromatic carbocycles. The van der Waals surface area contributed by atoms with Crippen molar-refractivity contribution in [2.75, 3.05) is 30.4 Å². The summed E-state index contributed by atoms with van der Waals surface area (Å²) in [5.74, 6) is 1.68. The molecule has 0 atom stereocenters. The Morgan fingerprint density at radius 1 is 1.32 bits per heavy atom. The summed E-state index contributed by atoms with van der Waals surface area (Å²) >= 11 is 5.88. The van der Waals surface area contributed by atoms with E-state index in [2.05, 4.69) is 27.1 Å². The highest BCUT2D eigenvalue weighted by Gasteiger charge is 2.26. The Kier molecular flexibility index (Phi) is 5.08. The average molecular weight is 360 g/mol. The van der Waals surface area contributed by atoms with Gasteiger partial charge in [0.25, 0.3) is 0 Å². The van der Waals surface area contributed by atoms with Crippen LogP contribution in [0.4, 0.5) is 16.3 Å². The van der Waals surface area contributed by atoms with E-state index in [0.29, 0.717) is 18.1 Å². The molecule has 7 heteroatoms. The minimum absolute atomic E-state index is 0.126. The van der Waals surface area contributed by atoms with Gasteiger partial charge in [0, 0.05) is 42.8 Å². The van der Waals surface area contributed by atoms with E-state index in [4.69, 9.17) is 11.6 Å². The van der Waals surface area contributed by atoms with Gasteiger partial charge in [-0.25, -0.2) is 14.8 Å². The molecule has 1 N–H and O–H groups in total. The molecule has 1 aliphatic rings. The van der Waals surface area contributed by atoms with E-state index in [1.54, 1.807) is 29.2 Å². The lowest BCUT2D eigenvalue weighted by Crippen LogP contribution is -2.40. The van der Waals surface area contributed by atoms with Crippen molar-refractivity contribution < 1.29 is 4.79 Å². The average Bonchev–Trinajstić information content (AvgIpc) is 2.61. The van der Waals surface area contributed by atoms with E-state index in [1.165, 1.54) is 0 Å². The number of rotatable bonds is 3. The molecule has 6 nitrogen and oxygen atoms in total. The summed E-state index contributed by atoms with van der Waals surface area (Å²) in [6, 6.07) is 6.97. The molecule has 132 valence electrons. The van der Waals surface area contributed by atoms with E-state index in [1.807, 2.05) is 14.0 Å². The molecule has 2 amide bonds. The summed E-state index contributed by atoms with van der Waals surface area (Å²) in [4.78, 5) is 25.6. The Morgan fingerprint density at radius 3 is 2.72 bits per heavy atom. The third-order valence-corrected chi connectivity index (χ3v) is 4.62. The lowest BCUT2D eigenvalue weighted by atomic mass is 10.1. The molecule has 0 spiro atoms. The number of halogens is 1. The van der Waals surface area contributed by atoms with E-state index in [0.717, 1.165) is 41.6 Å². The minimum Gasteiger partial charge on any atom is -0.360 e. The molecule has 3 rings (SSSR count). The monoisotopic (exact) mass is 359 g/mol. The number of carbonyl (C=O) groups excluding carboxylic acids is 1. The van der Waals surface area contributed by atoms with E-state index < -0.39 is 0 Å². The first-order chi connectivity index (χ1) is 12.0. The molecule has 0 aliphatic carbocycles. The number of nitrogens with zero attached hydrogens (tertiary/aromatic N) is 4. The van der Waals surface area contributed by atoms with Gasteiger partial charge in [0.05, 0.1) is 12.2 Å². The van der Waals surface area contributed by atoms with E-state index in [-0.39, 0.29) is 6.03 Å². The summed E-state index contributed by atoms with van der Waals surface area (Å²) in [6.45, 7) is 5.98. The van der Waals surface area contributed by atoms with Gasteiger partial charge in [-0.1, -0.05) is 11.6 Å². The van der Waals surface area contributed by atoms with Gasteiger partial charge in [-0.2, -0.15) is 0 Å². The first-order valence-corrected chi connectivity index (χ1v) is 8.74. The van der Waals surface area contributed by atoms with E-state index in [9.17, 15) is 4.79 Å². The highest BCUT2D eigenvalue weighted by atomic mass is 35.5. The van der Waals surface area contributed by atoms with Gasteiger partial charge < -0.3 is 15.1 Å². The summed E-state index contributed by atoms with van der Waals surface area (Å²) in [5, 5.41) is 3.56. The van der Waals surface area contributed by atoms with Gasteiger partial charge in [0.15, 0.2) is 0 Å². The van der Waals surface area contributed by atoms with Gasteiger partial charge in [0.2, 0.25) is 0 Å². The first kappa shape index (κ1) is 17.5. The number of aryl methyl sites for hydroxylation is 1. The quantitative estimate of drug-likeness (QED) is 0.911. The lowest BCUT2D eigenvalue weighted by molar-refractivity contribution is 0.206. The van der Waals surface area contributed by atoms with Crippen LogP contribution in [0.2, 0.25) is 5.02 Å². The predicted octanol–water partition coefficient (Wildman–Crippen LogP) is 3.48. The summed E-state index contributed by atoms with van der Waals surface area (Å²) in [5.41, 5.74) is 2.80. The van der Waals surface area contributed by atoms with Crippen LogP contribution in [-0.4, -0.2) is 41.0 Å². The number of benzene rings is 1. The Bertz CT molecular complexity index is 778. The van der Waals surface area contributed by atoms with Crippen LogP contribution in [0.25, 0.3) is 0 Å². The highest BCUT2D eigenvalue weighted by molar-refractivity contribution is 6.30. The Balaban J connectivity index is 1.80. The Hall–Kier alpha value is -2.34. The topological polar surface area (TPSA) is 61.4 Å². The Morgan fingerprint density at radius 2 is 2.04 bits per heavy atom. The van der Waals surface area contributed by atoms with Crippen molar-refractivity contribution in [3.8, 4) is 0 Å². The maximum absolute atomic E-state index is 12.6. The number of hydrogen-bond donors (Lipinski definition) is 1. The van der Waals surface area contributed by atoms with Gasteiger partial charge in [-0.15, -0.1) is 0 Å². The number of hydrogen-bond acceptors (Lipinski definition) is 4. The van der Waals surface area contributed by atoms with E-state index >= 15 is 0 Å². The number of fused-ring (bicyclic) bond motifs is 1. The predicted molar refractivity (Wildman–Crippen MR) is 100 cm³/mol. The lowest BCUT2D eigenvalue weighted by Gasteiger charge is -2.31. The number of nitrogens with one attached hydrogen (secondary N) is 1. The van der Waals surface area contributed by atoms with Gasteiger partial charge >= 0.3 is 6.03 Å². The van der Waals surface area contributed by atoms with Crippen LogP contribution in [0, 0.1) is 6.92 Å². The Labute approximate surface area is 152 Å². The molecule has 0 fully saturated rings. The van der Waals surface area contributed by atoms with Crippen molar-refractivity contribution in [1.29, 1.82) is 0 Å². The van der Waals surface area contributed by atoms with Crippen molar-refractivity contribution in [3.05, 3.63) is 46.4 Å². The zero-order valence-electron chi connectivity index (χ0n) is 14.7. The first-order valence-electron chi connectivity index (χ1n) is 8.37. The van der Waals surface area contributed by atoms with Gasteiger partial charge in [-0.05, 0) is 38.1 Å². The number of amides is 2. The van der Waals surface area contributed by atoms with Crippen LogP contribution in [-0.2, 0) is 13.0 Å². The van der Waals surface area contributed by atoms with Crippen molar-refractivity contribution in [2.45, 2.75) is 26.8 Å². The number of aromatic nitrogens is 2. The van der Waals surface area contributed by atoms with Crippen LogP contribution in [0.5, 0.6) is 0 Å². The van der Waals surface area contributed by atoms with Gasteiger partial charge in [-0.3, -0.25) is 0 Å². The fraction of sp³-hybridized carbons (Fsp3) is 0.389. The SMILES string of the molecule is CCN(C)c1nc(C)nc2c1CN(C(=O)Nc1ccc(Cl)cc1)CC2. The van der Waals surface area contributed by atoms with Crippen LogP contribution in [0.15, 0.2) is 24.3 Å². The second-order valence-electron chi connectivity index (χ2n) is 6.14. The second-order valence-corrected chi connectivity index (χ2v) is 6.58. The number of urea groups is 1. The zero-order chi connectivity index (χ0) is 18.0. The van der Waals surface area contributed by atoms with Crippen molar-refractivity contribution in [3.63, 3.8) is 0 Å². The van der Waals surface area contributed by atoms with Crippen molar-refractivity contribution >= 4 is 29.1 Å².